The molecule has 1 spiro atoms. The van der Waals surface area contributed by atoms with Crippen LogP contribution in [0.2, 0.25) is 0 Å². The lowest BCUT2D eigenvalue weighted by molar-refractivity contribution is 0.327. The van der Waals surface area contributed by atoms with E-state index in [2.05, 4.69) is 144 Å². The Bertz CT molecular complexity index is 1920. The van der Waals surface area contributed by atoms with Crippen molar-refractivity contribution in [3.63, 3.8) is 0 Å². The molecule has 2 saturated carbocycles. The Morgan fingerprint density at radius 1 is 0.500 bits per heavy atom. The molecular weight excluding hydrogens is 506 g/mol. The fourth-order valence-corrected chi connectivity index (χ4v) is 8.96. The zero-order chi connectivity index (χ0) is 27.7. The zero-order valence-corrected chi connectivity index (χ0v) is 23.7. The second kappa shape index (κ2) is 9.19. The molecule has 1 heteroatoms. The van der Waals surface area contributed by atoms with Crippen LogP contribution in [0.3, 0.4) is 0 Å². The van der Waals surface area contributed by atoms with Crippen LogP contribution in [0.5, 0.6) is 0 Å². The molecular formula is C41H33N. The number of hydrogen-bond donors (Lipinski definition) is 0. The summed E-state index contributed by atoms with van der Waals surface area (Å²) in [5.41, 5.74) is 12.5. The Hall–Kier alpha value is -4.62. The van der Waals surface area contributed by atoms with Crippen molar-refractivity contribution in [1.82, 2.24) is 0 Å². The van der Waals surface area contributed by atoms with Crippen LogP contribution < -0.4 is 4.90 Å². The molecule has 0 aromatic heterocycles. The van der Waals surface area contributed by atoms with E-state index in [1.54, 1.807) is 11.1 Å². The lowest BCUT2D eigenvalue weighted by Crippen LogP contribution is -2.31. The van der Waals surface area contributed by atoms with E-state index in [1.807, 2.05) is 0 Å². The Balaban J connectivity index is 1.28. The van der Waals surface area contributed by atoms with Gasteiger partial charge in [-0.25, -0.2) is 0 Å². The largest absolute Gasteiger partial charge is 0.310 e. The highest BCUT2D eigenvalue weighted by atomic mass is 15.1. The van der Waals surface area contributed by atoms with Crippen molar-refractivity contribution in [3.05, 3.63) is 151 Å². The van der Waals surface area contributed by atoms with E-state index in [4.69, 9.17) is 0 Å². The van der Waals surface area contributed by atoms with Gasteiger partial charge in [0.1, 0.15) is 0 Å². The van der Waals surface area contributed by atoms with Crippen LogP contribution in [0, 0.1) is 11.8 Å². The summed E-state index contributed by atoms with van der Waals surface area (Å²) in [5.74, 6) is 1.64. The highest BCUT2D eigenvalue weighted by molar-refractivity contribution is 6.09. The topological polar surface area (TPSA) is 3.24 Å². The Morgan fingerprint density at radius 2 is 1.14 bits per heavy atom. The first-order valence-corrected chi connectivity index (χ1v) is 15.5. The Labute approximate surface area is 248 Å². The highest BCUT2D eigenvalue weighted by Gasteiger charge is 2.56. The molecule has 42 heavy (non-hydrogen) atoms. The van der Waals surface area contributed by atoms with Crippen LogP contribution >= 0.6 is 0 Å². The van der Waals surface area contributed by atoms with Gasteiger partial charge in [0.2, 0.25) is 0 Å². The van der Waals surface area contributed by atoms with Crippen molar-refractivity contribution in [2.45, 2.75) is 31.1 Å². The zero-order valence-electron chi connectivity index (χ0n) is 23.7. The number of para-hydroxylation sites is 2. The summed E-state index contributed by atoms with van der Waals surface area (Å²) in [6.45, 7) is 0. The molecule has 0 saturated heterocycles. The molecule has 1 nitrogen and oxygen atoms in total. The van der Waals surface area contributed by atoms with Gasteiger partial charge in [-0.3, -0.25) is 0 Å². The standard InChI is InChI=1S/C41H33N/c1-3-12-30(13-4-1)42(31-14-5-2-6-15-31)39-25-24-33(32-16-7-8-17-34(32)39)35-19-11-21-38-40(35)36-18-9-10-20-37(36)41(38)27-28-22-23-29(41)26-28/h1-21,24-25,28-29H,22-23,26-27H2. The maximum absolute atomic E-state index is 2.46. The fourth-order valence-electron chi connectivity index (χ4n) is 8.96. The molecule has 3 atom stereocenters. The summed E-state index contributed by atoms with van der Waals surface area (Å²) in [4.78, 5) is 2.39. The smallest absolute Gasteiger partial charge is 0.0540 e. The van der Waals surface area contributed by atoms with Crippen molar-refractivity contribution >= 4 is 27.8 Å². The number of hydrogen-bond acceptors (Lipinski definition) is 1. The molecule has 0 aliphatic heterocycles. The van der Waals surface area contributed by atoms with Crippen LogP contribution in [0.15, 0.2) is 140 Å². The molecule has 0 amide bonds. The molecule has 3 aliphatic carbocycles. The lowest BCUT2D eigenvalue weighted by Gasteiger charge is -2.36. The average molecular weight is 540 g/mol. The van der Waals surface area contributed by atoms with Gasteiger partial charge in [-0.2, -0.15) is 0 Å². The minimum atomic E-state index is 0.192. The maximum atomic E-state index is 2.46. The van der Waals surface area contributed by atoms with Crippen LogP contribution in [-0.4, -0.2) is 0 Å². The van der Waals surface area contributed by atoms with Crippen molar-refractivity contribution < 1.29 is 0 Å². The second-order valence-electron chi connectivity index (χ2n) is 12.5. The SMILES string of the molecule is c1ccc(N(c2ccccc2)c2ccc(-c3cccc4c3-c3ccccc3C43CC4CCC3C4)c3ccccc23)cc1. The number of nitrogens with zero attached hydrogens (tertiary/aromatic N) is 1. The van der Waals surface area contributed by atoms with Gasteiger partial charge in [-0.15, -0.1) is 0 Å². The molecule has 3 unspecified atom stereocenters. The lowest BCUT2D eigenvalue weighted by atomic mass is 9.66. The van der Waals surface area contributed by atoms with Gasteiger partial charge in [-0.1, -0.05) is 116 Å². The van der Waals surface area contributed by atoms with E-state index in [-0.39, 0.29) is 5.41 Å². The molecule has 2 bridgehead atoms. The monoisotopic (exact) mass is 539 g/mol. The van der Waals surface area contributed by atoms with Crippen LogP contribution in [-0.2, 0) is 5.41 Å². The Kier molecular flexibility index (Phi) is 5.26. The molecule has 6 aromatic carbocycles. The first kappa shape index (κ1) is 24.0. The number of anilines is 3. The van der Waals surface area contributed by atoms with E-state index >= 15 is 0 Å². The Morgan fingerprint density at radius 3 is 1.86 bits per heavy atom. The van der Waals surface area contributed by atoms with Gasteiger partial charge in [0.05, 0.1) is 5.69 Å². The summed E-state index contributed by atoms with van der Waals surface area (Å²) in [5, 5.41) is 2.56. The van der Waals surface area contributed by atoms with E-state index in [9.17, 15) is 0 Å². The fraction of sp³-hybridized carbons (Fsp3) is 0.171. The van der Waals surface area contributed by atoms with E-state index in [0.717, 1.165) is 23.2 Å². The summed E-state index contributed by atoms with van der Waals surface area (Å²) in [7, 11) is 0. The van der Waals surface area contributed by atoms with Gasteiger partial charge < -0.3 is 4.90 Å². The van der Waals surface area contributed by atoms with E-state index in [1.165, 1.54) is 64.4 Å². The summed E-state index contributed by atoms with van der Waals surface area (Å²) >= 11 is 0. The highest BCUT2D eigenvalue weighted by Crippen LogP contribution is 2.66. The third-order valence-corrected chi connectivity index (χ3v) is 10.5. The van der Waals surface area contributed by atoms with E-state index < -0.39 is 0 Å². The third kappa shape index (κ3) is 3.31. The first-order valence-electron chi connectivity index (χ1n) is 15.5. The van der Waals surface area contributed by atoms with Gasteiger partial charge >= 0.3 is 0 Å². The van der Waals surface area contributed by atoms with Gasteiger partial charge in [0.15, 0.2) is 0 Å². The van der Waals surface area contributed by atoms with Crippen molar-refractivity contribution in [3.8, 4) is 22.3 Å². The molecule has 0 N–H and O–H groups in total. The van der Waals surface area contributed by atoms with E-state index in [0.29, 0.717) is 0 Å². The molecule has 6 aromatic rings. The first-order chi connectivity index (χ1) is 20.8. The van der Waals surface area contributed by atoms with Crippen molar-refractivity contribution in [1.29, 1.82) is 0 Å². The van der Waals surface area contributed by atoms with Gasteiger partial charge in [0, 0.05) is 22.2 Å². The second-order valence-corrected chi connectivity index (χ2v) is 12.5. The van der Waals surface area contributed by atoms with Crippen molar-refractivity contribution in [2.75, 3.05) is 4.90 Å². The molecule has 9 rings (SSSR count). The number of fused-ring (bicyclic) bond motifs is 9. The quantitative estimate of drug-likeness (QED) is 0.215. The van der Waals surface area contributed by atoms with Gasteiger partial charge in [-0.05, 0) is 100 Å². The molecule has 0 radical (unpaired) electrons. The normalized spacial score (nSPS) is 21.5. The van der Waals surface area contributed by atoms with Crippen molar-refractivity contribution in [2.24, 2.45) is 11.8 Å². The maximum Gasteiger partial charge on any atom is 0.0540 e. The molecule has 2 fully saturated rings. The van der Waals surface area contributed by atoms with Crippen LogP contribution in [0.4, 0.5) is 17.1 Å². The molecule has 3 aliphatic rings. The van der Waals surface area contributed by atoms with Crippen LogP contribution in [0.1, 0.15) is 36.8 Å². The average Bonchev–Trinajstić information content (AvgIpc) is 3.75. The molecule has 202 valence electrons. The number of benzene rings is 6. The predicted molar refractivity (Wildman–Crippen MR) is 176 cm³/mol. The third-order valence-electron chi connectivity index (χ3n) is 10.5. The van der Waals surface area contributed by atoms with Gasteiger partial charge in [0.25, 0.3) is 0 Å². The minimum absolute atomic E-state index is 0.192. The molecule has 0 heterocycles. The summed E-state index contributed by atoms with van der Waals surface area (Å²) < 4.78 is 0. The minimum Gasteiger partial charge on any atom is -0.310 e. The summed E-state index contributed by atoms with van der Waals surface area (Å²) in [6.07, 6.45) is 5.49. The number of rotatable bonds is 4. The van der Waals surface area contributed by atoms with Crippen LogP contribution in [0.25, 0.3) is 33.0 Å². The summed E-state index contributed by atoms with van der Waals surface area (Å²) in [6, 6.07) is 51.7. The predicted octanol–water partition coefficient (Wildman–Crippen LogP) is 11.1.